The number of hydrogen-bond donors (Lipinski definition) is 1. The fourth-order valence-corrected chi connectivity index (χ4v) is 3.15. The Bertz CT molecular complexity index is 327. The van der Waals surface area contributed by atoms with Crippen LogP contribution < -0.4 is 4.74 Å². The molecule has 102 valence electrons. The SMILES string of the molecule is C[Si](C)(C)CCCCCCOc1ccc(O)cc1. The molecule has 0 heterocycles. The summed E-state index contributed by atoms with van der Waals surface area (Å²) < 4.78 is 5.61. The monoisotopic (exact) mass is 266 g/mol. The molecule has 0 aromatic heterocycles. The minimum Gasteiger partial charge on any atom is -0.508 e. The summed E-state index contributed by atoms with van der Waals surface area (Å²) in [6, 6.07) is 8.36. The molecule has 0 bridgehead atoms. The van der Waals surface area contributed by atoms with Gasteiger partial charge in [0.1, 0.15) is 11.5 Å². The predicted molar refractivity (Wildman–Crippen MR) is 80.2 cm³/mol. The second-order valence-corrected chi connectivity index (χ2v) is 11.7. The molecule has 0 atom stereocenters. The molecule has 0 amide bonds. The molecule has 1 rings (SSSR count). The summed E-state index contributed by atoms with van der Waals surface area (Å²) >= 11 is 0. The van der Waals surface area contributed by atoms with E-state index in [1.165, 1.54) is 25.3 Å². The van der Waals surface area contributed by atoms with Gasteiger partial charge in [0.15, 0.2) is 0 Å². The van der Waals surface area contributed by atoms with E-state index in [0.717, 1.165) is 18.8 Å². The van der Waals surface area contributed by atoms with E-state index in [1.54, 1.807) is 24.3 Å². The first-order valence-electron chi connectivity index (χ1n) is 6.89. The minimum atomic E-state index is -0.839. The van der Waals surface area contributed by atoms with Gasteiger partial charge < -0.3 is 9.84 Å². The van der Waals surface area contributed by atoms with Crippen molar-refractivity contribution < 1.29 is 9.84 Å². The summed E-state index contributed by atoms with van der Waals surface area (Å²) in [6.45, 7) is 8.07. The van der Waals surface area contributed by atoms with Crippen molar-refractivity contribution in [1.29, 1.82) is 0 Å². The molecule has 1 aromatic rings. The number of unbranched alkanes of at least 4 members (excludes halogenated alkanes) is 3. The summed E-state index contributed by atoms with van der Waals surface area (Å²) in [6.07, 6.45) is 5.06. The maximum absolute atomic E-state index is 9.14. The molecular formula is C15H26O2Si. The molecule has 2 nitrogen and oxygen atoms in total. The lowest BCUT2D eigenvalue weighted by atomic mass is 10.2. The molecule has 0 saturated carbocycles. The highest BCUT2D eigenvalue weighted by Crippen LogP contribution is 2.17. The van der Waals surface area contributed by atoms with E-state index in [-0.39, 0.29) is 5.75 Å². The van der Waals surface area contributed by atoms with Gasteiger partial charge in [-0.25, -0.2) is 0 Å². The first-order chi connectivity index (χ1) is 8.47. The third kappa shape index (κ3) is 7.38. The summed E-state index contributed by atoms with van der Waals surface area (Å²) in [5.41, 5.74) is 0. The van der Waals surface area contributed by atoms with E-state index < -0.39 is 8.07 Å². The number of aromatic hydroxyl groups is 1. The van der Waals surface area contributed by atoms with Gasteiger partial charge in [0.2, 0.25) is 0 Å². The van der Waals surface area contributed by atoms with Crippen LogP contribution in [0.1, 0.15) is 25.7 Å². The van der Waals surface area contributed by atoms with Crippen molar-refractivity contribution in [1.82, 2.24) is 0 Å². The molecule has 0 radical (unpaired) electrons. The number of phenolic OH excluding ortho intramolecular Hbond substituents is 1. The Morgan fingerprint density at radius 1 is 0.944 bits per heavy atom. The summed E-state index contributed by atoms with van der Waals surface area (Å²) in [5.74, 6) is 1.13. The van der Waals surface area contributed by atoms with Gasteiger partial charge >= 0.3 is 0 Å². The molecule has 0 aliphatic heterocycles. The van der Waals surface area contributed by atoms with Crippen molar-refractivity contribution in [3.05, 3.63) is 24.3 Å². The van der Waals surface area contributed by atoms with E-state index in [9.17, 15) is 0 Å². The summed E-state index contributed by atoms with van der Waals surface area (Å²) in [7, 11) is -0.839. The van der Waals surface area contributed by atoms with Crippen LogP contribution in [0, 0.1) is 0 Å². The van der Waals surface area contributed by atoms with Gasteiger partial charge in [-0.1, -0.05) is 44.9 Å². The molecule has 3 heteroatoms. The molecule has 0 aliphatic carbocycles. The van der Waals surface area contributed by atoms with E-state index >= 15 is 0 Å². The van der Waals surface area contributed by atoms with Crippen LogP contribution in [-0.2, 0) is 0 Å². The van der Waals surface area contributed by atoms with Gasteiger partial charge in [0.05, 0.1) is 6.61 Å². The molecule has 18 heavy (non-hydrogen) atoms. The lowest BCUT2D eigenvalue weighted by Gasteiger charge is -2.14. The molecule has 0 fully saturated rings. The van der Waals surface area contributed by atoms with Gasteiger partial charge in [-0.15, -0.1) is 0 Å². The van der Waals surface area contributed by atoms with E-state index in [2.05, 4.69) is 19.6 Å². The van der Waals surface area contributed by atoms with Crippen LogP contribution in [0.3, 0.4) is 0 Å². The fraction of sp³-hybridized carbons (Fsp3) is 0.600. The average molecular weight is 266 g/mol. The Balaban J connectivity index is 2.00. The van der Waals surface area contributed by atoms with Crippen LogP contribution in [0.15, 0.2) is 24.3 Å². The van der Waals surface area contributed by atoms with Gasteiger partial charge in [-0.2, -0.15) is 0 Å². The van der Waals surface area contributed by atoms with Gasteiger partial charge in [0, 0.05) is 8.07 Å². The van der Waals surface area contributed by atoms with Crippen molar-refractivity contribution in [3.63, 3.8) is 0 Å². The first-order valence-corrected chi connectivity index (χ1v) is 10.6. The van der Waals surface area contributed by atoms with Crippen molar-refractivity contribution >= 4 is 8.07 Å². The standard InChI is InChI=1S/C15H26O2Si/c1-18(2,3)13-7-5-4-6-12-17-15-10-8-14(16)9-11-15/h8-11,16H,4-7,12-13H2,1-3H3. The first kappa shape index (κ1) is 15.1. The number of ether oxygens (including phenoxy) is 1. The van der Waals surface area contributed by atoms with Crippen molar-refractivity contribution in [2.75, 3.05) is 6.61 Å². The largest absolute Gasteiger partial charge is 0.508 e. The number of hydrogen-bond acceptors (Lipinski definition) is 2. The highest BCUT2D eigenvalue weighted by molar-refractivity contribution is 6.76. The van der Waals surface area contributed by atoms with E-state index in [1.807, 2.05) is 0 Å². The van der Waals surface area contributed by atoms with Crippen molar-refractivity contribution in [2.24, 2.45) is 0 Å². The van der Waals surface area contributed by atoms with Crippen LogP contribution in [0.25, 0.3) is 0 Å². The van der Waals surface area contributed by atoms with Crippen LogP contribution in [-0.4, -0.2) is 19.8 Å². The van der Waals surface area contributed by atoms with Crippen molar-refractivity contribution in [3.8, 4) is 11.5 Å². The van der Waals surface area contributed by atoms with Crippen LogP contribution in [0.2, 0.25) is 25.7 Å². The number of benzene rings is 1. The maximum atomic E-state index is 9.14. The Labute approximate surface area is 112 Å². The lowest BCUT2D eigenvalue weighted by molar-refractivity contribution is 0.304. The van der Waals surface area contributed by atoms with E-state index in [0.29, 0.717) is 0 Å². The molecule has 0 unspecified atom stereocenters. The second kappa shape index (κ2) is 7.47. The highest BCUT2D eigenvalue weighted by Gasteiger charge is 2.11. The third-order valence-corrected chi connectivity index (χ3v) is 4.78. The number of phenols is 1. The zero-order valence-electron chi connectivity index (χ0n) is 11.9. The molecule has 0 saturated heterocycles. The minimum absolute atomic E-state index is 0.286. The van der Waals surface area contributed by atoms with Gasteiger partial charge in [-0.05, 0) is 30.7 Å². The van der Waals surface area contributed by atoms with Gasteiger partial charge in [-0.3, -0.25) is 0 Å². The Morgan fingerprint density at radius 2 is 1.56 bits per heavy atom. The molecule has 0 aliphatic rings. The smallest absolute Gasteiger partial charge is 0.119 e. The van der Waals surface area contributed by atoms with Crippen molar-refractivity contribution in [2.45, 2.75) is 51.4 Å². The summed E-state index contributed by atoms with van der Waals surface area (Å²) in [4.78, 5) is 0. The topological polar surface area (TPSA) is 29.5 Å². The zero-order chi connectivity index (χ0) is 13.4. The molecule has 0 spiro atoms. The molecular weight excluding hydrogens is 240 g/mol. The predicted octanol–water partition coefficient (Wildman–Crippen LogP) is 4.67. The maximum Gasteiger partial charge on any atom is 0.119 e. The normalized spacial score (nSPS) is 11.5. The van der Waals surface area contributed by atoms with E-state index in [4.69, 9.17) is 9.84 Å². The van der Waals surface area contributed by atoms with Crippen LogP contribution in [0.5, 0.6) is 11.5 Å². The highest BCUT2D eigenvalue weighted by atomic mass is 28.3. The average Bonchev–Trinajstić information content (AvgIpc) is 2.29. The molecule has 1 N–H and O–H groups in total. The second-order valence-electron chi connectivity index (χ2n) is 6.07. The lowest BCUT2D eigenvalue weighted by Crippen LogP contribution is -2.18. The Hall–Kier alpha value is -0.963. The van der Waals surface area contributed by atoms with Gasteiger partial charge in [0.25, 0.3) is 0 Å². The zero-order valence-corrected chi connectivity index (χ0v) is 12.9. The van der Waals surface area contributed by atoms with Crippen LogP contribution >= 0.6 is 0 Å². The Morgan fingerprint density at radius 3 is 2.17 bits per heavy atom. The van der Waals surface area contributed by atoms with Crippen LogP contribution in [0.4, 0.5) is 0 Å². The number of rotatable bonds is 8. The Kier molecular flexibility index (Phi) is 6.26. The molecule has 1 aromatic carbocycles. The third-order valence-electron chi connectivity index (χ3n) is 2.93. The quantitative estimate of drug-likeness (QED) is 0.547. The summed E-state index contributed by atoms with van der Waals surface area (Å²) in [5, 5.41) is 9.14. The fourth-order valence-electron chi connectivity index (χ4n) is 1.84.